The zero-order chi connectivity index (χ0) is 19.2. The van der Waals surface area contributed by atoms with Crippen molar-refractivity contribution in [2.45, 2.75) is 71.8 Å². The number of amides is 1. The number of hydrogen-bond donors (Lipinski definition) is 1. The highest BCUT2D eigenvalue weighted by Gasteiger charge is 2.59. The van der Waals surface area contributed by atoms with Crippen molar-refractivity contribution in [1.82, 2.24) is 5.32 Å². The molecule has 3 aliphatic carbocycles. The molecule has 5 nitrogen and oxygen atoms in total. The van der Waals surface area contributed by atoms with Gasteiger partial charge in [-0.25, -0.2) is 4.79 Å². The van der Waals surface area contributed by atoms with Crippen molar-refractivity contribution in [3.05, 3.63) is 11.8 Å². The van der Waals surface area contributed by atoms with E-state index in [-0.39, 0.29) is 35.4 Å². The number of nitrogens with one attached hydrogen (secondary N) is 1. The van der Waals surface area contributed by atoms with Crippen LogP contribution in [0.4, 0.5) is 0 Å². The standard InChI is InChI=1S/C22H33NO4/c1-4-26-20(25)13-27-18-8-6-15-14-5-7-17-21(2,12-10-19(24)23-17)16(14)9-11-22(15,18)3/h7,14-16,18H,4-6,8-13H2,1-3H3,(H,23,24)/t14-,15-,16+,18?,21+,22-/m0/s1. The molecule has 3 fully saturated rings. The SMILES string of the molecule is CCOC(=O)COC1CC[C@H]2[C@@H]3CC=C4NC(=O)CC[C@]4(C)[C@@H]3CC[C@]12C. The van der Waals surface area contributed by atoms with Crippen molar-refractivity contribution in [2.24, 2.45) is 28.6 Å². The minimum Gasteiger partial charge on any atom is -0.464 e. The van der Waals surface area contributed by atoms with Crippen LogP contribution in [0.3, 0.4) is 0 Å². The summed E-state index contributed by atoms with van der Waals surface area (Å²) in [4.78, 5) is 23.6. The molecule has 0 spiro atoms. The Balaban J connectivity index is 1.50. The van der Waals surface area contributed by atoms with Gasteiger partial charge in [-0.2, -0.15) is 0 Å². The molecule has 1 aliphatic heterocycles. The third kappa shape index (κ3) is 3.02. The number of ether oxygens (including phenoxy) is 2. The Kier molecular flexibility index (Phi) is 4.86. The van der Waals surface area contributed by atoms with Gasteiger partial charge in [0.1, 0.15) is 6.61 Å². The molecule has 1 saturated heterocycles. The Labute approximate surface area is 162 Å². The number of carbonyl (C=O) groups is 2. The first-order valence-electron chi connectivity index (χ1n) is 10.7. The summed E-state index contributed by atoms with van der Waals surface area (Å²) in [5.41, 5.74) is 1.44. The van der Waals surface area contributed by atoms with Gasteiger partial charge in [0.2, 0.25) is 5.91 Å². The topological polar surface area (TPSA) is 64.6 Å². The monoisotopic (exact) mass is 375 g/mol. The minimum absolute atomic E-state index is 0.0721. The molecule has 0 radical (unpaired) electrons. The fraction of sp³-hybridized carbons (Fsp3) is 0.818. The first kappa shape index (κ1) is 19.0. The van der Waals surface area contributed by atoms with E-state index in [2.05, 4.69) is 25.2 Å². The average Bonchev–Trinajstić information content (AvgIpc) is 2.97. The van der Waals surface area contributed by atoms with Crippen molar-refractivity contribution < 1.29 is 19.1 Å². The number of piperidine rings is 1. The van der Waals surface area contributed by atoms with Gasteiger partial charge in [-0.1, -0.05) is 19.9 Å². The van der Waals surface area contributed by atoms with Crippen LogP contribution >= 0.6 is 0 Å². The van der Waals surface area contributed by atoms with E-state index < -0.39 is 0 Å². The van der Waals surface area contributed by atoms with Crippen molar-refractivity contribution in [1.29, 1.82) is 0 Å². The molecular formula is C22H33NO4. The molecule has 4 aliphatic rings. The van der Waals surface area contributed by atoms with Crippen LogP contribution < -0.4 is 5.32 Å². The number of hydrogen-bond acceptors (Lipinski definition) is 4. The fourth-order valence-electron chi connectivity index (χ4n) is 6.79. The van der Waals surface area contributed by atoms with E-state index in [0.717, 1.165) is 25.7 Å². The normalized spacial score (nSPS) is 43.1. The van der Waals surface area contributed by atoms with Crippen LogP contribution in [-0.2, 0) is 19.1 Å². The summed E-state index contributed by atoms with van der Waals surface area (Å²) in [5.74, 6) is 1.85. The number of fused-ring (bicyclic) bond motifs is 5. The Bertz CT molecular complexity index is 659. The largest absolute Gasteiger partial charge is 0.464 e. The lowest BCUT2D eigenvalue weighted by molar-refractivity contribution is -0.155. The lowest BCUT2D eigenvalue weighted by Crippen LogP contribution is -2.54. The van der Waals surface area contributed by atoms with E-state index in [1.807, 2.05) is 6.92 Å². The zero-order valence-electron chi connectivity index (χ0n) is 16.9. The van der Waals surface area contributed by atoms with Gasteiger partial charge in [0.05, 0.1) is 12.7 Å². The zero-order valence-corrected chi connectivity index (χ0v) is 16.9. The predicted molar refractivity (Wildman–Crippen MR) is 102 cm³/mol. The van der Waals surface area contributed by atoms with Crippen molar-refractivity contribution in [3.63, 3.8) is 0 Å². The molecule has 6 atom stereocenters. The van der Waals surface area contributed by atoms with Crippen LogP contribution in [0, 0.1) is 28.6 Å². The van der Waals surface area contributed by atoms with Crippen LogP contribution in [0.15, 0.2) is 11.8 Å². The molecular weight excluding hydrogens is 342 g/mol. The molecule has 150 valence electrons. The molecule has 0 bridgehead atoms. The van der Waals surface area contributed by atoms with Gasteiger partial charge in [0.15, 0.2) is 0 Å². The minimum atomic E-state index is -0.256. The van der Waals surface area contributed by atoms with Gasteiger partial charge in [-0.05, 0) is 68.6 Å². The van der Waals surface area contributed by atoms with E-state index >= 15 is 0 Å². The third-order valence-corrected chi connectivity index (χ3v) is 8.23. The van der Waals surface area contributed by atoms with Gasteiger partial charge < -0.3 is 14.8 Å². The van der Waals surface area contributed by atoms with E-state index in [1.165, 1.54) is 18.5 Å². The van der Waals surface area contributed by atoms with E-state index in [1.54, 1.807) is 0 Å². The van der Waals surface area contributed by atoms with Crippen molar-refractivity contribution in [2.75, 3.05) is 13.2 Å². The molecule has 1 heterocycles. The summed E-state index contributed by atoms with van der Waals surface area (Å²) >= 11 is 0. The van der Waals surface area contributed by atoms with E-state index in [9.17, 15) is 9.59 Å². The van der Waals surface area contributed by atoms with Gasteiger partial charge in [0, 0.05) is 17.5 Å². The highest BCUT2D eigenvalue weighted by molar-refractivity contribution is 5.79. The van der Waals surface area contributed by atoms with Crippen molar-refractivity contribution in [3.8, 4) is 0 Å². The predicted octanol–water partition coefficient (Wildman–Crippen LogP) is 3.58. The van der Waals surface area contributed by atoms with Crippen LogP contribution in [-0.4, -0.2) is 31.2 Å². The van der Waals surface area contributed by atoms with Gasteiger partial charge in [0.25, 0.3) is 0 Å². The smallest absolute Gasteiger partial charge is 0.332 e. The second-order valence-corrected chi connectivity index (χ2v) is 9.42. The van der Waals surface area contributed by atoms with Gasteiger partial charge >= 0.3 is 5.97 Å². The third-order valence-electron chi connectivity index (χ3n) is 8.23. The van der Waals surface area contributed by atoms with Crippen LogP contribution in [0.5, 0.6) is 0 Å². The summed E-state index contributed by atoms with van der Waals surface area (Å²) in [5, 5.41) is 3.16. The second kappa shape index (κ2) is 6.91. The molecule has 0 aromatic rings. The average molecular weight is 376 g/mol. The van der Waals surface area contributed by atoms with E-state index in [0.29, 0.717) is 30.8 Å². The number of rotatable bonds is 4. The lowest BCUT2D eigenvalue weighted by Gasteiger charge is -2.57. The molecule has 27 heavy (non-hydrogen) atoms. The summed E-state index contributed by atoms with van der Waals surface area (Å²) < 4.78 is 11.1. The molecule has 0 aromatic heterocycles. The van der Waals surface area contributed by atoms with Crippen molar-refractivity contribution >= 4 is 11.9 Å². The number of carbonyl (C=O) groups excluding carboxylic acids is 2. The summed E-state index contributed by atoms with van der Waals surface area (Å²) in [7, 11) is 0. The maximum absolute atomic E-state index is 11.9. The second-order valence-electron chi connectivity index (χ2n) is 9.42. The number of allylic oxidation sites excluding steroid dienone is 2. The molecule has 1 N–H and O–H groups in total. The first-order chi connectivity index (χ1) is 12.9. The first-order valence-corrected chi connectivity index (χ1v) is 10.7. The van der Waals surface area contributed by atoms with E-state index in [4.69, 9.17) is 9.47 Å². The summed E-state index contributed by atoms with van der Waals surface area (Å²) in [6.07, 6.45) is 9.66. The molecule has 0 aromatic carbocycles. The molecule has 4 rings (SSSR count). The highest BCUT2D eigenvalue weighted by atomic mass is 16.6. The molecule has 2 saturated carbocycles. The van der Waals surface area contributed by atoms with Crippen LogP contribution in [0.1, 0.15) is 65.7 Å². The maximum atomic E-state index is 11.9. The summed E-state index contributed by atoms with van der Waals surface area (Å²) in [6, 6.07) is 0. The lowest BCUT2D eigenvalue weighted by atomic mass is 9.50. The molecule has 1 amide bonds. The fourth-order valence-corrected chi connectivity index (χ4v) is 6.79. The number of esters is 1. The van der Waals surface area contributed by atoms with Gasteiger partial charge in [-0.3, -0.25) is 4.79 Å². The Morgan fingerprint density at radius 2 is 2.04 bits per heavy atom. The Morgan fingerprint density at radius 1 is 1.22 bits per heavy atom. The highest BCUT2D eigenvalue weighted by Crippen LogP contribution is 2.64. The summed E-state index contributed by atoms with van der Waals surface area (Å²) in [6.45, 7) is 7.04. The molecule has 1 unspecified atom stereocenters. The van der Waals surface area contributed by atoms with Crippen LogP contribution in [0.25, 0.3) is 0 Å². The Morgan fingerprint density at radius 3 is 2.81 bits per heavy atom. The van der Waals surface area contributed by atoms with Crippen LogP contribution in [0.2, 0.25) is 0 Å². The maximum Gasteiger partial charge on any atom is 0.332 e. The molecule has 5 heteroatoms. The Hall–Kier alpha value is -1.36. The quantitative estimate of drug-likeness (QED) is 0.763. The van der Waals surface area contributed by atoms with Gasteiger partial charge in [-0.15, -0.1) is 0 Å².